The van der Waals surface area contributed by atoms with Crippen molar-refractivity contribution in [1.82, 2.24) is 9.88 Å². The van der Waals surface area contributed by atoms with Crippen LogP contribution in [0.15, 0.2) is 12.3 Å². The Kier molecular flexibility index (Phi) is 5.75. The van der Waals surface area contributed by atoms with Gasteiger partial charge in [0.1, 0.15) is 11.1 Å². The Balaban J connectivity index is 1.62. The van der Waals surface area contributed by atoms with E-state index in [0.29, 0.717) is 55.6 Å². The molecule has 2 saturated heterocycles. The number of aromatic nitrogens is 1. The Labute approximate surface area is 151 Å². The Hall–Kier alpha value is -1.86. The zero-order valence-corrected chi connectivity index (χ0v) is 14.7. The number of nitrogens with zero attached hydrogens (tertiary/aromatic N) is 2. The summed E-state index contributed by atoms with van der Waals surface area (Å²) in [5, 5.41) is 0.323. The number of amides is 2. The molecule has 0 unspecified atom stereocenters. The highest BCUT2D eigenvalue weighted by atomic mass is 35.5. The predicted octanol–water partition coefficient (Wildman–Crippen LogP) is 1.63. The van der Waals surface area contributed by atoms with E-state index in [2.05, 4.69) is 4.98 Å². The molecular weight excluding hydrogens is 346 g/mol. The maximum absolute atomic E-state index is 12.6. The number of primary amides is 1. The largest absolute Gasteiger partial charge is 0.473 e. The number of piperidine rings is 1. The highest BCUT2D eigenvalue weighted by molar-refractivity contribution is 6.32. The average molecular weight is 368 g/mol. The molecular formula is C17H22ClN3O4. The number of carbonyl (C=O) groups is 2. The van der Waals surface area contributed by atoms with Crippen LogP contribution in [0, 0.1) is 5.92 Å². The monoisotopic (exact) mass is 367 g/mol. The third-order valence-corrected chi connectivity index (χ3v) is 4.96. The molecule has 0 aliphatic carbocycles. The topological polar surface area (TPSA) is 94.8 Å². The molecule has 0 aromatic carbocycles. The van der Waals surface area contributed by atoms with Gasteiger partial charge in [0.05, 0.1) is 18.8 Å². The van der Waals surface area contributed by atoms with Crippen molar-refractivity contribution in [2.75, 3.05) is 26.3 Å². The summed E-state index contributed by atoms with van der Waals surface area (Å²) >= 11 is 6.25. The molecule has 1 aromatic heterocycles. The lowest BCUT2D eigenvalue weighted by molar-refractivity contribution is -0.123. The van der Waals surface area contributed by atoms with Crippen molar-refractivity contribution in [3.63, 3.8) is 0 Å². The molecule has 0 atom stereocenters. The third kappa shape index (κ3) is 4.41. The average Bonchev–Trinajstić information content (AvgIpc) is 2.64. The molecule has 7 nitrogen and oxygen atoms in total. The smallest absolute Gasteiger partial charge is 0.255 e. The SMILES string of the molecule is NC(=O)C1CCN(C(=O)c2cnc(OC3CCOCC3)c(Cl)c2)CC1. The summed E-state index contributed by atoms with van der Waals surface area (Å²) < 4.78 is 11.1. The Morgan fingerprint density at radius 2 is 1.92 bits per heavy atom. The van der Waals surface area contributed by atoms with Gasteiger partial charge in [0.25, 0.3) is 5.91 Å². The van der Waals surface area contributed by atoms with Crippen LogP contribution < -0.4 is 10.5 Å². The molecule has 2 fully saturated rings. The van der Waals surface area contributed by atoms with Crippen LogP contribution in [0.5, 0.6) is 5.88 Å². The lowest BCUT2D eigenvalue weighted by Crippen LogP contribution is -2.41. The molecule has 2 N–H and O–H groups in total. The van der Waals surface area contributed by atoms with Gasteiger partial charge in [-0.05, 0) is 18.9 Å². The second-order valence-electron chi connectivity index (χ2n) is 6.41. The highest BCUT2D eigenvalue weighted by Gasteiger charge is 2.27. The fraction of sp³-hybridized carbons (Fsp3) is 0.588. The number of hydrogen-bond donors (Lipinski definition) is 1. The first-order valence-electron chi connectivity index (χ1n) is 8.53. The summed E-state index contributed by atoms with van der Waals surface area (Å²) in [6.07, 6.45) is 4.30. The second-order valence-corrected chi connectivity index (χ2v) is 6.82. The van der Waals surface area contributed by atoms with Crippen molar-refractivity contribution < 1.29 is 19.1 Å². The molecule has 0 spiro atoms. The van der Waals surface area contributed by atoms with E-state index in [1.807, 2.05) is 0 Å². The molecule has 2 aliphatic heterocycles. The second kappa shape index (κ2) is 8.01. The summed E-state index contributed by atoms with van der Waals surface area (Å²) in [5.74, 6) is -0.250. The maximum Gasteiger partial charge on any atom is 0.255 e. The minimum atomic E-state index is -0.300. The number of ether oxygens (including phenoxy) is 2. The molecule has 25 heavy (non-hydrogen) atoms. The number of hydrogen-bond acceptors (Lipinski definition) is 5. The molecule has 3 rings (SSSR count). The zero-order valence-electron chi connectivity index (χ0n) is 13.9. The van der Waals surface area contributed by atoms with E-state index >= 15 is 0 Å². The third-order valence-electron chi connectivity index (χ3n) is 4.69. The van der Waals surface area contributed by atoms with Crippen LogP contribution >= 0.6 is 11.6 Å². The van der Waals surface area contributed by atoms with Crippen molar-refractivity contribution in [2.24, 2.45) is 11.7 Å². The van der Waals surface area contributed by atoms with Crippen LogP contribution in [0.1, 0.15) is 36.0 Å². The molecule has 1 aromatic rings. The van der Waals surface area contributed by atoms with E-state index < -0.39 is 0 Å². The van der Waals surface area contributed by atoms with Gasteiger partial charge in [0.15, 0.2) is 0 Å². The van der Waals surface area contributed by atoms with Crippen LogP contribution in [0.25, 0.3) is 0 Å². The predicted molar refractivity (Wildman–Crippen MR) is 91.5 cm³/mol. The fourth-order valence-corrected chi connectivity index (χ4v) is 3.34. The van der Waals surface area contributed by atoms with Gasteiger partial charge in [-0.2, -0.15) is 0 Å². The van der Waals surface area contributed by atoms with E-state index in [0.717, 1.165) is 12.8 Å². The summed E-state index contributed by atoms with van der Waals surface area (Å²) in [7, 11) is 0. The first-order chi connectivity index (χ1) is 12.0. The molecule has 0 radical (unpaired) electrons. The van der Waals surface area contributed by atoms with Gasteiger partial charge < -0.3 is 20.1 Å². The number of carbonyl (C=O) groups excluding carboxylic acids is 2. The Bertz CT molecular complexity index is 641. The normalized spacial score (nSPS) is 19.6. The number of likely N-dealkylation sites (tertiary alicyclic amines) is 1. The lowest BCUT2D eigenvalue weighted by atomic mass is 9.96. The molecule has 136 valence electrons. The van der Waals surface area contributed by atoms with Crippen molar-refractivity contribution in [2.45, 2.75) is 31.8 Å². The summed E-state index contributed by atoms with van der Waals surface area (Å²) in [6.45, 7) is 2.34. The van der Waals surface area contributed by atoms with Crippen LogP contribution in [0.3, 0.4) is 0 Å². The van der Waals surface area contributed by atoms with Crippen LogP contribution in [0.2, 0.25) is 5.02 Å². The van der Waals surface area contributed by atoms with Crippen molar-refractivity contribution >= 4 is 23.4 Å². The van der Waals surface area contributed by atoms with E-state index in [9.17, 15) is 9.59 Å². The van der Waals surface area contributed by atoms with Crippen molar-refractivity contribution in [3.8, 4) is 5.88 Å². The van der Waals surface area contributed by atoms with Gasteiger partial charge in [0.2, 0.25) is 11.8 Å². The van der Waals surface area contributed by atoms with E-state index in [4.69, 9.17) is 26.8 Å². The van der Waals surface area contributed by atoms with Gasteiger partial charge in [-0.25, -0.2) is 4.98 Å². The molecule has 3 heterocycles. The van der Waals surface area contributed by atoms with Gasteiger partial charge in [0, 0.05) is 38.0 Å². The molecule has 2 aliphatic rings. The van der Waals surface area contributed by atoms with E-state index in [1.165, 1.54) is 6.20 Å². The maximum atomic E-state index is 12.6. The highest BCUT2D eigenvalue weighted by Crippen LogP contribution is 2.27. The quantitative estimate of drug-likeness (QED) is 0.872. The van der Waals surface area contributed by atoms with Crippen LogP contribution in [0.4, 0.5) is 0 Å². The Morgan fingerprint density at radius 1 is 1.24 bits per heavy atom. The number of halogens is 1. The van der Waals surface area contributed by atoms with Gasteiger partial charge in [-0.1, -0.05) is 11.6 Å². The van der Waals surface area contributed by atoms with Gasteiger partial charge in [-0.15, -0.1) is 0 Å². The minimum absolute atomic E-state index is 0.0353. The van der Waals surface area contributed by atoms with Crippen molar-refractivity contribution in [1.29, 1.82) is 0 Å². The fourth-order valence-electron chi connectivity index (χ4n) is 3.13. The van der Waals surface area contributed by atoms with E-state index in [1.54, 1.807) is 11.0 Å². The number of rotatable bonds is 4. The first kappa shape index (κ1) is 17.9. The standard InChI is InChI=1S/C17H22ClN3O4/c18-14-9-12(10-20-16(14)25-13-3-7-24-8-4-13)17(23)21-5-1-11(2-6-21)15(19)22/h9-11,13H,1-8H2,(H2,19,22). The minimum Gasteiger partial charge on any atom is -0.473 e. The molecule has 0 bridgehead atoms. The number of pyridine rings is 1. The van der Waals surface area contributed by atoms with Gasteiger partial charge in [-0.3, -0.25) is 9.59 Å². The van der Waals surface area contributed by atoms with Crippen molar-refractivity contribution in [3.05, 3.63) is 22.8 Å². The summed E-state index contributed by atoms with van der Waals surface area (Å²) in [6, 6.07) is 1.59. The summed E-state index contributed by atoms with van der Waals surface area (Å²) in [5.41, 5.74) is 5.74. The van der Waals surface area contributed by atoms with Crippen LogP contribution in [-0.4, -0.2) is 54.1 Å². The number of nitrogens with two attached hydrogens (primary N) is 1. The first-order valence-corrected chi connectivity index (χ1v) is 8.91. The lowest BCUT2D eigenvalue weighted by Gasteiger charge is -2.30. The molecule has 8 heteroatoms. The summed E-state index contributed by atoms with van der Waals surface area (Å²) in [4.78, 5) is 29.7. The van der Waals surface area contributed by atoms with Crippen LogP contribution in [-0.2, 0) is 9.53 Å². The molecule has 2 amide bonds. The van der Waals surface area contributed by atoms with E-state index in [-0.39, 0.29) is 23.8 Å². The molecule has 0 saturated carbocycles. The Morgan fingerprint density at radius 3 is 2.52 bits per heavy atom. The van der Waals surface area contributed by atoms with Gasteiger partial charge >= 0.3 is 0 Å². The zero-order chi connectivity index (χ0) is 17.8.